The molecule has 4 aromatic rings. The van der Waals surface area contributed by atoms with Crippen LogP contribution in [0.4, 0.5) is 13.9 Å². The average Bonchev–Trinajstić information content (AvgIpc) is 3.32. The number of hydrogen-bond donors (Lipinski definition) is 0. The first kappa shape index (κ1) is 25.4. The number of anilines is 1. The summed E-state index contributed by atoms with van der Waals surface area (Å²) in [5.74, 6) is -1.73. The van der Waals surface area contributed by atoms with Crippen molar-refractivity contribution in [1.29, 1.82) is 0 Å². The molecule has 1 aliphatic rings. The van der Waals surface area contributed by atoms with Crippen molar-refractivity contribution in [2.24, 2.45) is 5.92 Å². The zero-order chi connectivity index (χ0) is 26.2. The number of rotatable bonds is 6. The van der Waals surface area contributed by atoms with E-state index >= 15 is 0 Å². The van der Waals surface area contributed by atoms with E-state index in [1.807, 2.05) is 6.92 Å². The van der Waals surface area contributed by atoms with Crippen LogP contribution in [-0.4, -0.2) is 41.7 Å². The van der Waals surface area contributed by atoms with Crippen LogP contribution in [0, 0.1) is 17.6 Å². The molecule has 1 unspecified atom stereocenters. The predicted molar refractivity (Wildman–Crippen MR) is 138 cm³/mol. The molecule has 0 N–H and O–H groups in total. The summed E-state index contributed by atoms with van der Waals surface area (Å²) < 4.78 is 56.1. The van der Waals surface area contributed by atoms with Crippen molar-refractivity contribution in [1.82, 2.24) is 14.3 Å². The number of piperidine rings is 1. The number of nitrogens with zero attached hydrogens (tertiary/aromatic N) is 4. The van der Waals surface area contributed by atoms with Crippen molar-refractivity contribution < 1.29 is 22.0 Å². The number of carbonyl (C=O) groups excluding carboxylic acids is 1. The minimum atomic E-state index is -3.67. The molecule has 11 heteroatoms. The van der Waals surface area contributed by atoms with Gasteiger partial charge in [0.15, 0.2) is 10.9 Å². The molecule has 1 amide bonds. The molecule has 7 nitrogen and oxygen atoms in total. The van der Waals surface area contributed by atoms with Crippen molar-refractivity contribution in [2.45, 2.75) is 31.2 Å². The fourth-order valence-electron chi connectivity index (χ4n) is 4.38. The second-order valence-electron chi connectivity index (χ2n) is 9.08. The summed E-state index contributed by atoms with van der Waals surface area (Å²) >= 11 is 0.986. The van der Waals surface area contributed by atoms with Crippen molar-refractivity contribution >= 4 is 42.6 Å². The Kier molecular flexibility index (Phi) is 7.02. The molecule has 192 valence electrons. The highest BCUT2D eigenvalue weighted by atomic mass is 32.2. The van der Waals surface area contributed by atoms with Crippen LogP contribution in [0.15, 0.2) is 65.7 Å². The zero-order valence-corrected chi connectivity index (χ0v) is 21.6. The lowest BCUT2D eigenvalue weighted by atomic mass is 10.0. The van der Waals surface area contributed by atoms with Crippen LogP contribution in [-0.2, 0) is 16.6 Å². The van der Waals surface area contributed by atoms with Gasteiger partial charge >= 0.3 is 0 Å². The first-order valence-corrected chi connectivity index (χ1v) is 14.1. The monoisotopic (exact) mass is 542 g/mol. The molecule has 1 aliphatic heterocycles. The van der Waals surface area contributed by atoms with Crippen molar-refractivity contribution in [3.8, 4) is 0 Å². The van der Waals surface area contributed by atoms with Gasteiger partial charge in [-0.2, -0.15) is 4.31 Å². The second-order valence-corrected chi connectivity index (χ2v) is 12.0. The Hall–Kier alpha value is -3.28. The number of sulfonamides is 1. The maximum absolute atomic E-state index is 14.3. The van der Waals surface area contributed by atoms with Gasteiger partial charge in [0, 0.05) is 30.9 Å². The van der Waals surface area contributed by atoms with E-state index in [1.165, 1.54) is 39.5 Å². The molecule has 1 fully saturated rings. The van der Waals surface area contributed by atoms with Crippen molar-refractivity contribution in [3.05, 3.63) is 83.7 Å². The Morgan fingerprint density at radius 3 is 2.65 bits per heavy atom. The third kappa shape index (κ3) is 5.25. The normalized spacial score (nSPS) is 16.7. The van der Waals surface area contributed by atoms with Crippen molar-refractivity contribution in [2.75, 3.05) is 18.0 Å². The summed E-state index contributed by atoms with van der Waals surface area (Å²) in [6, 6.07) is 12.9. The van der Waals surface area contributed by atoms with Gasteiger partial charge in [0.05, 0.1) is 21.8 Å². The summed E-state index contributed by atoms with van der Waals surface area (Å²) in [6.45, 7) is 3.01. The topological polar surface area (TPSA) is 83.5 Å². The van der Waals surface area contributed by atoms with E-state index < -0.39 is 27.6 Å². The molecular formula is C26H24F2N4O3S2. The summed E-state index contributed by atoms with van der Waals surface area (Å²) in [4.78, 5) is 23.6. The summed E-state index contributed by atoms with van der Waals surface area (Å²) in [6.07, 6.45) is 3.40. The van der Waals surface area contributed by atoms with Gasteiger partial charge in [-0.25, -0.2) is 22.2 Å². The van der Waals surface area contributed by atoms with Gasteiger partial charge in [-0.05, 0) is 61.2 Å². The number of halogens is 2. The molecule has 2 aromatic heterocycles. The number of pyridine rings is 1. The van der Waals surface area contributed by atoms with Gasteiger partial charge in [-0.3, -0.25) is 14.7 Å². The van der Waals surface area contributed by atoms with Gasteiger partial charge < -0.3 is 0 Å². The van der Waals surface area contributed by atoms with E-state index in [-0.39, 0.29) is 38.3 Å². The molecule has 5 rings (SSSR count). The zero-order valence-electron chi connectivity index (χ0n) is 20.0. The Balaban J connectivity index is 1.48. The predicted octanol–water partition coefficient (Wildman–Crippen LogP) is 5.24. The minimum Gasteiger partial charge on any atom is -0.278 e. The van der Waals surface area contributed by atoms with Gasteiger partial charge in [0.1, 0.15) is 11.3 Å². The molecule has 0 spiro atoms. The van der Waals surface area contributed by atoms with Crippen LogP contribution in [0.3, 0.4) is 0 Å². The van der Waals surface area contributed by atoms with Crippen LogP contribution in [0.2, 0.25) is 0 Å². The Labute approximate surface area is 217 Å². The van der Waals surface area contributed by atoms with E-state index in [4.69, 9.17) is 0 Å². The highest BCUT2D eigenvalue weighted by molar-refractivity contribution is 7.89. The SMILES string of the molecule is CC1CCCN(S(=O)(=O)c2ccc(C(=O)N(Cc3ccccn3)c3nc4c(F)cc(F)cc4s3)cc2)C1. The van der Waals surface area contributed by atoms with Crippen LogP contribution in [0.25, 0.3) is 10.2 Å². The lowest BCUT2D eigenvalue weighted by Crippen LogP contribution is -2.39. The van der Waals surface area contributed by atoms with E-state index in [0.29, 0.717) is 18.8 Å². The van der Waals surface area contributed by atoms with Crippen LogP contribution in [0.1, 0.15) is 35.8 Å². The van der Waals surface area contributed by atoms with Gasteiger partial charge in [0.25, 0.3) is 5.91 Å². The average molecular weight is 543 g/mol. The standard InChI is InChI=1S/C26H24F2N4O3S2/c1-17-5-4-12-31(15-17)37(34,35)21-9-7-18(8-10-21)25(33)32(16-20-6-2-3-11-29-20)26-30-24-22(28)13-19(27)14-23(24)36-26/h2-3,6-11,13-14,17H,4-5,12,15-16H2,1H3. The minimum absolute atomic E-state index is 0.0302. The number of fused-ring (bicyclic) bond motifs is 1. The Bertz CT molecular complexity index is 1540. The quantitative estimate of drug-likeness (QED) is 0.333. The maximum atomic E-state index is 14.3. The molecule has 3 heterocycles. The van der Waals surface area contributed by atoms with E-state index in [2.05, 4.69) is 9.97 Å². The van der Waals surface area contributed by atoms with E-state index in [1.54, 1.807) is 24.4 Å². The van der Waals surface area contributed by atoms with Gasteiger partial charge in [-0.1, -0.05) is 24.3 Å². The smallest absolute Gasteiger partial charge is 0.260 e. The molecule has 0 radical (unpaired) electrons. The van der Waals surface area contributed by atoms with E-state index in [9.17, 15) is 22.0 Å². The molecular weight excluding hydrogens is 518 g/mol. The molecule has 0 saturated carbocycles. The summed E-state index contributed by atoms with van der Waals surface area (Å²) in [5.41, 5.74) is 0.769. The molecule has 37 heavy (non-hydrogen) atoms. The van der Waals surface area contributed by atoms with Gasteiger partial charge in [-0.15, -0.1) is 0 Å². The highest BCUT2D eigenvalue weighted by Gasteiger charge is 2.29. The van der Waals surface area contributed by atoms with Gasteiger partial charge in [0.2, 0.25) is 10.0 Å². The van der Waals surface area contributed by atoms with E-state index in [0.717, 1.165) is 30.2 Å². The van der Waals surface area contributed by atoms with Crippen LogP contribution < -0.4 is 4.90 Å². The van der Waals surface area contributed by atoms with Crippen molar-refractivity contribution in [3.63, 3.8) is 0 Å². The summed E-state index contributed by atoms with van der Waals surface area (Å²) in [5, 5.41) is 0.175. The number of carbonyl (C=O) groups is 1. The van der Waals surface area contributed by atoms with Crippen LogP contribution >= 0.6 is 11.3 Å². The number of hydrogen-bond acceptors (Lipinski definition) is 6. The Morgan fingerprint density at radius 1 is 1.16 bits per heavy atom. The molecule has 1 atom stereocenters. The molecule has 1 saturated heterocycles. The first-order chi connectivity index (χ1) is 17.7. The fraction of sp³-hybridized carbons (Fsp3) is 0.269. The third-order valence-electron chi connectivity index (χ3n) is 6.28. The molecule has 0 aliphatic carbocycles. The van der Waals surface area contributed by atoms with Crippen LogP contribution in [0.5, 0.6) is 0 Å². The number of amides is 1. The maximum Gasteiger partial charge on any atom is 0.260 e. The number of thiazole rings is 1. The number of aromatic nitrogens is 2. The second kappa shape index (κ2) is 10.2. The lowest BCUT2D eigenvalue weighted by molar-refractivity contribution is 0.0984. The Morgan fingerprint density at radius 2 is 1.95 bits per heavy atom. The molecule has 0 bridgehead atoms. The lowest BCUT2D eigenvalue weighted by Gasteiger charge is -2.30. The largest absolute Gasteiger partial charge is 0.278 e. The molecule has 2 aromatic carbocycles. The summed E-state index contributed by atoms with van der Waals surface area (Å²) in [7, 11) is -3.67. The third-order valence-corrected chi connectivity index (χ3v) is 9.19. The highest BCUT2D eigenvalue weighted by Crippen LogP contribution is 2.33. The fourth-order valence-corrected chi connectivity index (χ4v) is 6.98. The number of benzene rings is 2. The first-order valence-electron chi connectivity index (χ1n) is 11.8.